The average molecular weight is 372 g/mol. The molecule has 4 rings (SSSR count). The number of carbonyl (C=O) groups is 2. The molecule has 0 aromatic heterocycles. The first-order valence-electron chi connectivity index (χ1n) is 9.17. The molecule has 0 saturated carbocycles. The standard InChI is InChI=1S/C23H20N2O3/c26-22-15-21(16-25(22)20-12-5-2-6-13-20)28-23(27)24-19-11-7-10-18(14-19)17-8-3-1-4-9-17/h1-14,21H,15-16H2,(H,24,27). The molecule has 140 valence electrons. The quantitative estimate of drug-likeness (QED) is 0.722. The summed E-state index contributed by atoms with van der Waals surface area (Å²) in [6.45, 7) is 0.361. The van der Waals surface area contributed by atoms with E-state index in [0.717, 1.165) is 16.8 Å². The minimum atomic E-state index is -0.557. The van der Waals surface area contributed by atoms with E-state index in [0.29, 0.717) is 12.2 Å². The summed E-state index contributed by atoms with van der Waals surface area (Å²) in [6, 6.07) is 26.9. The SMILES string of the molecule is O=C(Nc1cccc(-c2ccccc2)c1)OC1CC(=O)N(c2ccccc2)C1. The highest BCUT2D eigenvalue weighted by Gasteiger charge is 2.33. The molecule has 1 aliphatic rings. The number of amides is 2. The van der Waals surface area contributed by atoms with Crippen LogP contribution in [0, 0.1) is 0 Å². The molecule has 3 aromatic carbocycles. The van der Waals surface area contributed by atoms with Crippen LogP contribution in [-0.2, 0) is 9.53 Å². The first kappa shape index (κ1) is 17.8. The van der Waals surface area contributed by atoms with Crippen molar-refractivity contribution in [1.29, 1.82) is 0 Å². The summed E-state index contributed by atoms with van der Waals surface area (Å²) in [5.41, 5.74) is 3.54. The molecule has 1 aliphatic heterocycles. The topological polar surface area (TPSA) is 58.6 Å². The van der Waals surface area contributed by atoms with Gasteiger partial charge in [0.1, 0.15) is 6.10 Å². The Morgan fingerprint density at radius 1 is 0.893 bits per heavy atom. The Balaban J connectivity index is 1.38. The molecule has 28 heavy (non-hydrogen) atoms. The predicted octanol–water partition coefficient (Wildman–Crippen LogP) is 4.71. The van der Waals surface area contributed by atoms with E-state index in [1.54, 1.807) is 4.90 Å². The van der Waals surface area contributed by atoms with Crippen LogP contribution in [0.5, 0.6) is 0 Å². The molecule has 1 fully saturated rings. The second kappa shape index (κ2) is 7.96. The second-order valence-electron chi connectivity index (χ2n) is 6.64. The van der Waals surface area contributed by atoms with E-state index >= 15 is 0 Å². The molecule has 5 nitrogen and oxygen atoms in total. The number of para-hydroxylation sites is 1. The van der Waals surface area contributed by atoms with Gasteiger partial charge in [-0.05, 0) is 35.4 Å². The lowest BCUT2D eigenvalue weighted by molar-refractivity contribution is -0.117. The van der Waals surface area contributed by atoms with Gasteiger partial charge in [-0.25, -0.2) is 4.79 Å². The molecule has 0 spiro atoms. The Hall–Kier alpha value is -3.60. The number of hydrogen-bond donors (Lipinski definition) is 1. The van der Waals surface area contributed by atoms with Crippen molar-refractivity contribution >= 4 is 23.4 Å². The third-order valence-electron chi connectivity index (χ3n) is 4.65. The third-order valence-corrected chi connectivity index (χ3v) is 4.65. The van der Waals surface area contributed by atoms with Gasteiger partial charge < -0.3 is 9.64 Å². The van der Waals surface area contributed by atoms with Crippen molar-refractivity contribution in [2.24, 2.45) is 0 Å². The van der Waals surface area contributed by atoms with Gasteiger partial charge >= 0.3 is 6.09 Å². The number of rotatable bonds is 4. The number of benzene rings is 3. The van der Waals surface area contributed by atoms with E-state index in [2.05, 4.69) is 5.32 Å². The predicted molar refractivity (Wildman–Crippen MR) is 109 cm³/mol. The van der Waals surface area contributed by atoms with Crippen molar-refractivity contribution in [3.63, 3.8) is 0 Å². The molecule has 5 heteroatoms. The van der Waals surface area contributed by atoms with Crippen LogP contribution in [0.4, 0.5) is 16.2 Å². The number of anilines is 2. The first-order valence-corrected chi connectivity index (χ1v) is 9.17. The summed E-state index contributed by atoms with van der Waals surface area (Å²) in [6.07, 6.45) is -0.838. The Labute approximate surface area is 163 Å². The molecule has 0 aliphatic carbocycles. The zero-order valence-corrected chi connectivity index (χ0v) is 15.2. The van der Waals surface area contributed by atoms with Gasteiger partial charge in [0.15, 0.2) is 0 Å². The van der Waals surface area contributed by atoms with Crippen LogP contribution >= 0.6 is 0 Å². The second-order valence-corrected chi connectivity index (χ2v) is 6.64. The van der Waals surface area contributed by atoms with Gasteiger partial charge in [-0.15, -0.1) is 0 Å². The summed E-state index contributed by atoms with van der Waals surface area (Å²) in [5.74, 6) is -0.0462. The van der Waals surface area contributed by atoms with Crippen LogP contribution in [0.25, 0.3) is 11.1 Å². The third kappa shape index (κ3) is 4.04. The van der Waals surface area contributed by atoms with Crippen LogP contribution < -0.4 is 10.2 Å². The van der Waals surface area contributed by atoms with Crippen molar-refractivity contribution in [2.45, 2.75) is 12.5 Å². The lowest BCUT2D eigenvalue weighted by Gasteiger charge is -2.17. The monoisotopic (exact) mass is 372 g/mol. The fourth-order valence-corrected chi connectivity index (χ4v) is 3.32. The van der Waals surface area contributed by atoms with Crippen LogP contribution in [0.1, 0.15) is 6.42 Å². The maximum atomic E-state index is 12.3. The van der Waals surface area contributed by atoms with Gasteiger partial charge in [-0.3, -0.25) is 10.1 Å². The normalized spacial score (nSPS) is 16.1. The maximum absolute atomic E-state index is 12.3. The van der Waals surface area contributed by atoms with Crippen molar-refractivity contribution in [3.05, 3.63) is 84.9 Å². The molecule has 1 N–H and O–H groups in total. The van der Waals surface area contributed by atoms with Crippen LogP contribution in [0.2, 0.25) is 0 Å². The minimum absolute atomic E-state index is 0.0462. The van der Waals surface area contributed by atoms with Gasteiger partial charge in [0.2, 0.25) is 5.91 Å². The van der Waals surface area contributed by atoms with Gasteiger partial charge in [0.05, 0.1) is 13.0 Å². The van der Waals surface area contributed by atoms with Gasteiger partial charge in [0.25, 0.3) is 0 Å². The largest absolute Gasteiger partial charge is 0.444 e. The first-order chi connectivity index (χ1) is 13.7. The Bertz CT molecular complexity index is 973. The summed E-state index contributed by atoms with van der Waals surface area (Å²) in [4.78, 5) is 26.2. The smallest absolute Gasteiger partial charge is 0.411 e. The van der Waals surface area contributed by atoms with E-state index in [4.69, 9.17) is 4.74 Å². The fourth-order valence-electron chi connectivity index (χ4n) is 3.32. The van der Waals surface area contributed by atoms with Crippen molar-refractivity contribution in [2.75, 3.05) is 16.8 Å². The number of ether oxygens (including phenoxy) is 1. The number of nitrogens with zero attached hydrogens (tertiary/aromatic N) is 1. The summed E-state index contributed by atoms with van der Waals surface area (Å²) in [7, 11) is 0. The molecular weight excluding hydrogens is 352 g/mol. The molecule has 1 saturated heterocycles. The van der Waals surface area contributed by atoms with Crippen molar-refractivity contribution in [3.8, 4) is 11.1 Å². The summed E-state index contributed by atoms with van der Waals surface area (Å²) in [5, 5.41) is 2.76. The molecule has 2 amide bonds. The molecule has 0 radical (unpaired) electrons. The van der Waals surface area contributed by atoms with Crippen LogP contribution in [0.15, 0.2) is 84.9 Å². The lowest BCUT2D eigenvalue weighted by atomic mass is 10.1. The molecule has 1 atom stereocenters. The van der Waals surface area contributed by atoms with E-state index in [9.17, 15) is 9.59 Å². The van der Waals surface area contributed by atoms with Gasteiger partial charge in [-0.2, -0.15) is 0 Å². The van der Waals surface area contributed by atoms with E-state index < -0.39 is 12.2 Å². The number of carbonyl (C=O) groups excluding carboxylic acids is 2. The molecule has 0 bridgehead atoms. The molecule has 1 heterocycles. The Morgan fingerprint density at radius 3 is 2.32 bits per heavy atom. The highest BCUT2D eigenvalue weighted by Crippen LogP contribution is 2.24. The molecule has 3 aromatic rings. The highest BCUT2D eigenvalue weighted by atomic mass is 16.6. The minimum Gasteiger partial charge on any atom is -0.444 e. The highest BCUT2D eigenvalue weighted by molar-refractivity contribution is 5.96. The lowest BCUT2D eigenvalue weighted by Crippen LogP contribution is -2.27. The van der Waals surface area contributed by atoms with E-state index in [-0.39, 0.29) is 12.3 Å². The molecular formula is C23H20N2O3. The van der Waals surface area contributed by atoms with Gasteiger partial charge in [0, 0.05) is 11.4 Å². The summed E-state index contributed by atoms with van der Waals surface area (Å²) >= 11 is 0. The molecule has 1 unspecified atom stereocenters. The maximum Gasteiger partial charge on any atom is 0.411 e. The Morgan fingerprint density at radius 2 is 1.57 bits per heavy atom. The number of hydrogen-bond acceptors (Lipinski definition) is 3. The van der Waals surface area contributed by atoms with Crippen LogP contribution in [0.3, 0.4) is 0 Å². The summed E-state index contributed by atoms with van der Waals surface area (Å²) < 4.78 is 5.47. The van der Waals surface area contributed by atoms with Crippen molar-refractivity contribution in [1.82, 2.24) is 0 Å². The van der Waals surface area contributed by atoms with Crippen molar-refractivity contribution < 1.29 is 14.3 Å². The number of nitrogens with one attached hydrogen (secondary N) is 1. The average Bonchev–Trinajstić information content (AvgIpc) is 3.09. The van der Waals surface area contributed by atoms with E-state index in [1.807, 2.05) is 84.9 Å². The zero-order chi connectivity index (χ0) is 19.3. The van der Waals surface area contributed by atoms with Gasteiger partial charge in [-0.1, -0.05) is 60.7 Å². The zero-order valence-electron chi connectivity index (χ0n) is 15.2. The Kier molecular flexibility index (Phi) is 5.06. The van der Waals surface area contributed by atoms with E-state index in [1.165, 1.54) is 0 Å². The van der Waals surface area contributed by atoms with Crippen LogP contribution in [-0.4, -0.2) is 24.6 Å². The fraction of sp³-hybridized carbons (Fsp3) is 0.130.